The summed E-state index contributed by atoms with van der Waals surface area (Å²) in [4.78, 5) is 4.06. The highest BCUT2D eigenvalue weighted by Crippen LogP contribution is 2.05. The largest absolute Gasteiger partial charge is 0.465 e. The molecule has 0 aromatic carbocycles. The average Bonchev–Trinajstić information content (AvgIpc) is 2.89. The van der Waals surface area contributed by atoms with Gasteiger partial charge in [-0.2, -0.15) is 5.10 Å². The molecule has 0 atom stereocenters. The molecule has 0 unspecified atom stereocenters. The van der Waals surface area contributed by atoms with E-state index in [0.29, 0.717) is 0 Å². The summed E-state index contributed by atoms with van der Waals surface area (Å²) in [6, 6.07) is 3.98. The highest BCUT2D eigenvalue weighted by Gasteiger charge is 1.98. The first kappa shape index (κ1) is 10.9. The van der Waals surface area contributed by atoms with Crippen molar-refractivity contribution in [2.75, 3.05) is 6.54 Å². The van der Waals surface area contributed by atoms with Crippen molar-refractivity contribution in [1.29, 1.82) is 0 Å². The molecule has 0 aliphatic carbocycles. The minimum atomic E-state index is 0.782. The van der Waals surface area contributed by atoms with Gasteiger partial charge in [0, 0.05) is 6.42 Å². The van der Waals surface area contributed by atoms with E-state index in [1.54, 1.807) is 0 Å². The molecule has 0 bridgehead atoms. The van der Waals surface area contributed by atoms with Gasteiger partial charge in [-0.3, -0.25) is 5.10 Å². The van der Waals surface area contributed by atoms with E-state index in [9.17, 15) is 0 Å². The van der Waals surface area contributed by atoms with Crippen molar-refractivity contribution in [1.82, 2.24) is 20.5 Å². The number of rotatable bonds is 6. The van der Waals surface area contributed by atoms with Crippen LogP contribution in [0.3, 0.4) is 0 Å². The molecule has 5 nitrogen and oxygen atoms in total. The Morgan fingerprint density at radius 2 is 2.38 bits per heavy atom. The zero-order valence-electron chi connectivity index (χ0n) is 9.36. The van der Waals surface area contributed by atoms with Gasteiger partial charge >= 0.3 is 0 Å². The molecule has 2 rings (SSSR count). The fraction of sp³-hybridized carbons (Fsp3) is 0.455. The fourth-order valence-electron chi connectivity index (χ4n) is 1.52. The smallest absolute Gasteiger partial charge is 0.137 e. The third-order valence-corrected chi connectivity index (χ3v) is 2.33. The van der Waals surface area contributed by atoms with Gasteiger partial charge in [-0.15, -0.1) is 0 Å². The summed E-state index contributed by atoms with van der Waals surface area (Å²) in [5.74, 6) is 2.88. The number of nitrogens with zero attached hydrogens (tertiary/aromatic N) is 2. The van der Waals surface area contributed by atoms with Crippen LogP contribution >= 0.6 is 0 Å². The van der Waals surface area contributed by atoms with Gasteiger partial charge < -0.3 is 9.73 Å². The van der Waals surface area contributed by atoms with Crippen molar-refractivity contribution in [3.63, 3.8) is 0 Å². The second-order valence-electron chi connectivity index (χ2n) is 3.72. The molecule has 0 aliphatic rings. The van der Waals surface area contributed by atoms with E-state index < -0.39 is 0 Å². The van der Waals surface area contributed by atoms with Gasteiger partial charge in [0.05, 0.1) is 6.54 Å². The number of aromatic amines is 1. The number of H-pyrrole nitrogens is 1. The Hall–Kier alpha value is -1.62. The quantitative estimate of drug-likeness (QED) is 0.723. The molecular formula is C11H16N4O. The van der Waals surface area contributed by atoms with Gasteiger partial charge in [-0.25, -0.2) is 4.98 Å². The molecule has 0 amide bonds. The summed E-state index contributed by atoms with van der Waals surface area (Å²) in [7, 11) is 0. The lowest BCUT2D eigenvalue weighted by atomic mass is 10.3. The predicted octanol–water partition coefficient (Wildman–Crippen LogP) is 1.43. The van der Waals surface area contributed by atoms with Crippen LogP contribution in [0.1, 0.15) is 23.8 Å². The third-order valence-electron chi connectivity index (χ3n) is 2.33. The molecular weight excluding hydrogens is 204 g/mol. The van der Waals surface area contributed by atoms with Crippen LogP contribution in [0, 0.1) is 6.92 Å². The van der Waals surface area contributed by atoms with E-state index in [2.05, 4.69) is 20.5 Å². The van der Waals surface area contributed by atoms with Crippen molar-refractivity contribution in [2.45, 2.75) is 26.3 Å². The van der Waals surface area contributed by atoms with Crippen LogP contribution in [0.2, 0.25) is 0 Å². The summed E-state index contributed by atoms with van der Waals surface area (Å²) in [5.41, 5.74) is 0. The van der Waals surface area contributed by atoms with Gasteiger partial charge in [0.2, 0.25) is 0 Å². The second-order valence-corrected chi connectivity index (χ2v) is 3.72. The Balaban J connectivity index is 1.59. The Bertz CT molecular complexity index is 407. The molecule has 5 heteroatoms. The highest BCUT2D eigenvalue weighted by atomic mass is 16.3. The minimum absolute atomic E-state index is 0.782. The zero-order chi connectivity index (χ0) is 11.2. The van der Waals surface area contributed by atoms with E-state index in [0.717, 1.165) is 43.3 Å². The number of furan rings is 1. The molecule has 2 aromatic heterocycles. The maximum Gasteiger partial charge on any atom is 0.137 e. The molecule has 0 radical (unpaired) electrons. The molecule has 0 saturated heterocycles. The normalized spacial score (nSPS) is 10.8. The first-order valence-electron chi connectivity index (χ1n) is 5.45. The molecule has 2 N–H and O–H groups in total. The maximum atomic E-state index is 5.44. The lowest BCUT2D eigenvalue weighted by Gasteiger charge is -2.01. The van der Waals surface area contributed by atoms with E-state index in [4.69, 9.17) is 4.42 Å². The van der Waals surface area contributed by atoms with Crippen LogP contribution < -0.4 is 5.32 Å². The number of aryl methyl sites for hydroxylation is 2. The van der Waals surface area contributed by atoms with Crippen LogP contribution in [0.15, 0.2) is 22.9 Å². The molecule has 16 heavy (non-hydrogen) atoms. The number of nitrogens with one attached hydrogen (secondary N) is 2. The van der Waals surface area contributed by atoms with Crippen molar-refractivity contribution >= 4 is 0 Å². The van der Waals surface area contributed by atoms with Crippen molar-refractivity contribution < 1.29 is 4.42 Å². The zero-order valence-corrected chi connectivity index (χ0v) is 9.36. The molecule has 86 valence electrons. The van der Waals surface area contributed by atoms with Crippen LogP contribution in [0.4, 0.5) is 0 Å². The molecule has 0 spiro atoms. The van der Waals surface area contributed by atoms with Crippen LogP contribution in [-0.2, 0) is 13.0 Å². The molecule has 2 aromatic rings. The Labute approximate surface area is 94.3 Å². The summed E-state index contributed by atoms with van der Waals surface area (Å²) in [5, 5.41) is 9.96. The maximum absolute atomic E-state index is 5.44. The number of aromatic nitrogens is 3. The molecule has 2 heterocycles. The van der Waals surface area contributed by atoms with E-state index in [-0.39, 0.29) is 0 Å². The number of hydrogen-bond acceptors (Lipinski definition) is 4. The van der Waals surface area contributed by atoms with Gasteiger partial charge in [0.15, 0.2) is 0 Å². The van der Waals surface area contributed by atoms with Gasteiger partial charge in [0.1, 0.15) is 23.7 Å². The highest BCUT2D eigenvalue weighted by molar-refractivity contribution is 5.05. The van der Waals surface area contributed by atoms with E-state index in [1.807, 2.05) is 19.1 Å². The Morgan fingerprint density at radius 3 is 3.06 bits per heavy atom. The predicted molar refractivity (Wildman–Crippen MR) is 59.9 cm³/mol. The summed E-state index contributed by atoms with van der Waals surface area (Å²) in [6.07, 6.45) is 3.49. The Morgan fingerprint density at radius 1 is 1.44 bits per heavy atom. The number of hydrogen-bond donors (Lipinski definition) is 2. The summed E-state index contributed by atoms with van der Waals surface area (Å²) in [6.45, 7) is 3.68. The molecule has 0 aliphatic heterocycles. The van der Waals surface area contributed by atoms with Crippen molar-refractivity contribution in [3.8, 4) is 0 Å². The van der Waals surface area contributed by atoms with Crippen molar-refractivity contribution in [2.24, 2.45) is 0 Å². The van der Waals surface area contributed by atoms with Crippen LogP contribution in [0.25, 0.3) is 0 Å². The van der Waals surface area contributed by atoms with Gasteiger partial charge in [-0.1, -0.05) is 0 Å². The minimum Gasteiger partial charge on any atom is -0.465 e. The van der Waals surface area contributed by atoms with E-state index in [1.165, 1.54) is 6.33 Å². The second kappa shape index (κ2) is 5.46. The summed E-state index contributed by atoms with van der Waals surface area (Å²) >= 11 is 0. The lowest BCUT2D eigenvalue weighted by molar-refractivity contribution is 0.460. The lowest BCUT2D eigenvalue weighted by Crippen LogP contribution is -2.15. The topological polar surface area (TPSA) is 66.7 Å². The van der Waals surface area contributed by atoms with Gasteiger partial charge in [-0.05, 0) is 32.0 Å². The van der Waals surface area contributed by atoms with E-state index >= 15 is 0 Å². The SMILES string of the molecule is Cc1ccc(CNCCCc2ncn[nH]2)o1. The monoisotopic (exact) mass is 220 g/mol. The first-order chi connectivity index (χ1) is 7.84. The van der Waals surface area contributed by atoms with Crippen LogP contribution in [-0.4, -0.2) is 21.7 Å². The van der Waals surface area contributed by atoms with Crippen LogP contribution in [0.5, 0.6) is 0 Å². The summed E-state index contributed by atoms with van der Waals surface area (Å²) < 4.78 is 5.44. The standard InChI is InChI=1S/C11H16N4O/c1-9-4-5-10(16-9)7-12-6-2-3-11-13-8-14-15-11/h4-5,8,12H,2-3,6-7H2,1H3,(H,13,14,15). The Kier molecular flexibility index (Phi) is 3.71. The van der Waals surface area contributed by atoms with Crippen molar-refractivity contribution in [3.05, 3.63) is 35.8 Å². The fourth-order valence-corrected chi connectivity index (χ4v) is 1.52. The average molecular weight is 220 g/mol. The molecule has 0 fully saturated rings. The third kappa shape index (κ3) is 3.20. The van der Waals surface area contributed by atoms with Gasteiger partial charge in [0.25, 0.3) is 0 Å². The molecule has 0 saturated carbocycles. The first-order valence-corrected chi connectivity index (χ1v) is 5.45.